The molecule has 0 aliphatic carbocycles. The average molecular weight is 449 g/mol. The van der Waals surface area contributed by atoms with E-state index in [4.69, 9.17) is 0 Å². The maximum atomic E-state index is 14.5. The van der Waals surface area contributed by atoms with E-state index in [-0.39, 0.29) is 23.0 Å². The van der Waals surface area contributed by atoms with Gasteiger partial charge in [0.2, 0.25) is 5.95 Å². The van der Waals surface area contributed by atoms with Gasteiger partial charge in [-0.05, 0) is 11.6 Å². The fourth-order valence-electron chi connectivity index (χ4n) is 3.38. The lowest BCUT2D eigenvalue weighted by molar-refractivity contribution is 0.290. The molecule has 0 unspecified atom stereocenters. The Labute approximate surface area is 189 Å². The van der Waals surface area contributed by atoms with Crippen molar-refractivity contribution in [1.82, 2.24) is 14.9 Å². The average Bonchev–Trinajstić information content (AvgIpc) is 2.82. The van der Waals surface area contributed by atoms with E-state index in [0.717, 1.165) is 24.6 Å². The van der Waals surface area contributed by atoms with Crippen LogP contribution in [-0.2, 0) is 6.54 Å². The first-order valence-electron chi connectivity index (χ1n) is 10.1. The van der Waals surface area contributed by atoms with Crippen LogP contribution >= 0.6 is 11.8 Å². The van der Waals surface area contributed by atoms with E-state index < -0.39 is 5.56 Å². The van der Waals surface area contributed by atoms with Crippen LogP contribution in [-0.4, -0.2) is 45.7 Å². The Kier molecular flexibility index (Phi) is 6.94. The van der Waals surface area contributed by atoms with Crippen molar-refractivity contribution in [2.24, 2.45) is 5.10 Å². The van der Waals surface area contributed by atoms with Gasteiger partial charge in [0, 0.05) is 42.3 Å². The molecule has 1 aliphatic rings. The van der Waals surface area contributed by atoms with Crippen LogP contribution in [0.1, 0.15) is 16.7 Å². The van der Waals surface area contributed by atoms with Crippen LogP contribution in [0.25, 0.3) is 11.3 Å². The van der Waals surface area contributed by atoms with Gasteiger partial charge in [-0.25, -0.2) is 14.8 Å². The number of nitriles is 1. The van der Waals surface area contributed by atoms with Crippen LogP contribution in [0.5, 0.6) is 0 Å². The number of halogens is 1. The lowest BCUT2D eigenvalue weighted by atomic mass is 10.1. The molecule has 0 radical (unpaired) electrons. The molecule has 0 spiro atoms. The first-order chi connectivity index (χ1) is 15.6. The van der Waals surface area contributed by atoms with E-state index in [9.17, 15) is 14.4 Å². The number of thioether (sulfide) groups is 1. The molecule has 1 aromatic heterocycles. The summed E-state index contributed by atoms with van der Waals surface area (Å²) in [5, 5.41) is 13.4. The number of benzene rings is 2. The predicted molar refractivity (Wildman–Crippen MR) is 125 cm³/mol. The van der Waals surface area contributed by atoms with Gasteiger partial charge in [-0.1, -0.05) is 42.5 Å². The summed E-state index contributed by atoms with van der Waals surface area (Å²) in [6, 6.07) is 15.9. The highest BCUT2D eigenvalue weighted by Crippen LogP contribution is 2.19. The molecule has 1 fully saturated rings. The van der Waals surface area contributed by atoms with Crippen molar-refractivity contribution in [3.8, 4) is 17.3 Å². The van der Waals surface area contributed by atoms with Crippen LogP contribution in [0.3, 0.4) is 0 Å². The molecule has 0 amide bonds. The summed E-state index contributed by atoms with van der Waals surface area (Å²) in [5.74, 6) is 1.97. The molecule has 162 valence electrons. The minimum absolute atomic E-state index is 0.0734. The van der Waals surface area contributed by atoms with Crippen molar-refractivity contribution in [2.45, 2.75) is 6.54 Å². The first-order valence-corrected chi connectivity index (χ1v) is 11.3. The Morgan fingerprint density at radius 3 is 2.75 bits per heavy atom. The van der Waals surface area contributed by atoms with E-state index in [1.165, 1.54) is 12.3 Å². The number of aromatic amines is 1. The van der Waals surface area contributed by atoms with Crippen molar-refractivity contribution in [2.75, 3.05) is 30.0 Å². The molecule has 7 nitrogen and oxygen atoms in total. The third-order valence-corrected chi connectivity index (χ3v) is 5.98. The summed E-state index contributed by atoms with van der Waals surface area (Å²) >= 11 is 1.92. The number of aromatic nitrogens is 2. The zero-order chi connectivity index (χ0) is 22.3. The van der Waals surface area contributed by atoms with Gasteiger partial charge in [0.25, 0.3) is 5.56 Å². The second-order valence-electron chi connectivity index (χ2n) is 7.23. The number of hydrogen-bond donors (Lipinski definition) is 2. The van der Waals surface area contributed by atoms with Crippen molar-refractivity contribution in [1.29, 1.82) is 5.26 Å². The zero-order valence-electron chi connectivity index (χ0n) is 17.2. The number of rotatable bonds is 6. The van der Waals surface area contributed by atoms with Crippen LogP contribution in [0, 0.1) is 17.1 Å². The molecule has 3 aromatic rings. The molecule has 2 aromatic carbocycles. The summed E-state index contributed by atoms with van der Waals surface area (Å²) in [4.78, 5) is 21.3. The second-order valence-corrected chi connectivity index (χ2v) is 8.45. The lowest BCUT2D eigenvalue weighted by Gasteiger charge is -2.26. The predicted octanol–water partition coefficient (Wildman–Crippen LogP) is 3.44. The van der Waals surface area contributed by atoms with Gasteiger partial charge >= 0.3 is 0 Å². The summed E-state index contributed by atoms with van der Waals surface area (Å²) in [6.07, 6.45) is 1.45. The third-order valence-electron chi connectivity index (χ3n) is 5.04. The maximum absolute atomic E-state index is 14.5. The maximum Gasteiger partial charge on any atom is 0.270 e. The molecule has 2 N–H and O–H groups in total. The number of hydrazone groups is 1. The Morgan fingerprint density at radius 1 is 1.25 bits per heavy atom. The monoisotopic (exact) mass is 448 g/mol. The van der Waals surface area contributed by atoms with Gasteiger partial charge in [-0.2, -0.15) is 22.1 Å². The molecule has 1 saturated heterocycles. The Bertz CT molecular complexity index is 1220. The van der Waals surface area contributed by atoms with Gasteiger partial charge in [-0.15, -0.1) is 0 Å². The van der Waals surface area contributed by atoms with Gasteiger partial charge in [-0.3, -0.25) is 14.7 Å². The molecular weight excluding hydrogens is 427 g/mol. The molecule has 9 heteroatoms. The number of hydrogen-bond acceptors (Lipinski definition) is 7. The lowest BCUT2D eigenvalue weighted by Crippen LogP contribution is -2.32. The van der Waals surface area contributed by atoms with Crippen molar-refractivity contribution in [3.63, 3.8) is 0 Å². The van der Waals surface area contributed by atoms with Crippen LogP contribution < -0.4 is 11.0 Å². The van der Waals surface area contributed by atoms with Crippen molar-refractivity contribution < 1.29 is 4.39 Å². The Hall–Kier alpha value is -3.48. The topological polar surface area (TPSA) is 97.2 Å². The SMILES string of the molecule is N#Cc1c(-c2ccccc2)nc(NN=Cc2ccc(CN3CCSCC3)c(F)c2)[nH]c1=O. The molecule has 0 atom stereocenters. The highest BCUT2D eigenvalue weighted by Gasteiger charge is 2.14. The smallest absolute Gasteiger partial charge is 0.270 e. The van der Waals surface area contributed by atoms with Crippen molar-refractivity contribution in [3.05, 3.63) is 81.4 Å². The van der Waals surface area contributed by atoms with Crippen LogP contribution in [0.15, 0.2) is 58.4 Å². The van der Waals surface area contributed by atoms with E-state index in [1.54, 1.807) is 36.4 Å². The van der Waals surface area contributed by atoms with E-state index >= 15 is 0 Å². The molecular formula is C23H21FN6OS. The van der Waals surface area contributed by atoms with Crippen LogP contribution in [0.2, 0.25) is 0 Å². The number of nitrogens with zero attached hydrogens (tertiary/aromatic N) is 4. The largest absolute Gasteiger partial charge is 0.297 e. The molecule has 0 bridgehead atoms. The zero-order valence-corrected chi connectivity index (χ0v) is 18.0. The summed E-state index contributed by atoms with van der Waals surface area (Å²) in [6.45, 7) is 2.54. The minimum Gasteiger partial charge on any atom is -0.297 e. The molecule has 1 aliphatic heterocycles. The first kappa shape index (κ1) is 21.7. The number of H-pyrrole nitrogens is 1. The minimum atomic E-state index is -0.564. The van der Waals surface area contributed by atoms with E-state index in [1.807, 2.05) is 23.9 Å². The molecule has 2 heterocycles. The number of nitrogens with one attached hydrogen (secondary N) is 2. The van der Waals surface area contributed by atoms with Gasteiger partial charge in [0.05, 0.1) is 11.9 Å². The Morgan fingerprint density at radius 2 is 2.03 bits per heavy atom. The quantitative estimate of drug-likeness (QED) is 0.443. The van der Waals surface area contributed by atoms with Gasteiger partial charge in [0.1, 0.15) is 17.4 Å². The molecule has 0 saturated carbocycles. The fourth-order valence-corrected chi connectivity index (χ4v) is 4.35. The fraction of sp³-hybridized carbons (Fsp3) is 0.217. The van der Waals surface area contributed by atoms with Gasteiger partial charge < -0.3 is 0 Å². The van der Waals surface area contributed by atoms with E-state index in [2.05, 4.69) is 25.4 Å². The highest BCUT2D eigenvalue weighted by molar-refractivity contribution is 7.99. The summed E-state index contributed by atoms with van der Waals surface area (Å²) in [7, 11) is 0. The van der Waals surface area contributed by atoms with Crippen molar-refractivity contribution >= 4 is 23.9 Å². The summed E-state index contributed by atoms with van der Waals surface area (Å²) in [5.41, 5.74) is 4.16. The standard InChI is InChI=1S/C23H21FN6OS/c24-20-12-16(6-7-18(20)15-30-8-10-32-11-9-30)14-26-29-23-27-21(17-4-2-1-3-5-17)19(13-25)22(31)28-23/h1-7,12,14H,8-11,15H2,(H2,27,28,29,31). The third kappa shape index (κ3) is 5.22. The van der Waals surface area contributed by atoms with E-state index in [0.29, 0.717) is 23.2 Å². The normalized spacial score (nSPS) is 14.4. The molecule has 4 rings (SSSR count). The Balaban J connectivity index is 1.48. The number of anilines is 1. The van der Waals surface area contributed by atoms with Gasteiger partial charge in [0.15, 0.2) is 0 Å². The molecule has 32 heavy (non-hydrogen) atoms. The second kappa shape index (κ2) is 10.2. The highest BCUT2D eigenvalue weighted by atomic mass is 32.2. The van der Waals surface area contributed by atoms with Crippen LogP contribution in [0.4, 0.5) is 10.3 Å². The summed E-state index contributed by atoms with van der Waals surface area (Å²) < 4.78 is 14.5.